The summed E-state index contributed by atoms with van der Waals surface area (Å²) < 4.78 is 7.95. The van der Waals surface area contributed by atoms with Gasteiger partial charge in [-0.3, -0.25) is 4.79 Å². The van der Waals surface area contributed by atoms with Crippen LogP contribution >= 0.6 is 56.8 Å². The van der Waals surface area contributed by atoms with Crippen LogP contribution in [0, 0.1) is 21.0 Å². The lowest BCUT2D eigenvalue weighted by molar-refractivity contribution is -0.120. The maximum atomic E-state index is 12.2. The van der Waals surface area contributed by atoms with Gasteiger partial charge >= 0.3 is 0 Å². The highest BCUT2D eigenvalue weighted by Crippen LogP contribution is 2.29. The molecule has 0 aliphatic carbocycles. The maximum absolute atomic E-state index is 12.2. The van der Waals surface area contributed by atoms with Crippen LogP contribution in [0.4, 0.5) is 0 Å². The minimum atomic E-state index is -0.146. The molecule has 0 bridgehead atoms. The summed E-state index contributed by atoms with van der Waals surface area (Å²) in [7, 11) is 0. The van der Waals surface area contributed by atoms with Crippen molar-refractivity contribution >= 4 is 68.9 Å². The van der Waals surface area contributed by atoms with Crippen LogP contribution in [0.15, 0.2) is 59.7 Å². The molecule has 0 saturated heterocycles. The average Bonchev–Trinajstić information content (AvgIpc) is 2.71. The highest BCUT2D eigenvalue weighted by molar-refractivity contribution is 14.1. The summed E-state index contributed by atoms with van der Waals surface area (Å²) in [6.07, 6.45) is 1.94. The van der Waals surface area contributed by atoms with E-state index in [1.54, 1.807) is 6.21 Å². The van der Waals surface area contributed by atoms with E-state index in [-0.39, 0.29) is 5.91 Å². The number of hydrogen-bond donors (Lipinski definition) is 1. The van der Waals surface area contributed by atoms with Gasteiger partial charge in [-0.05, 0) is 111 Å². The van der Waals surface area contributed by atoms with Crippen LogP contribution in [0.25, 0.3) is 0 Å². The Hall–Kier alpha value is -1.65. The van der Waals surface area contributed by atoms with Crippen molar-refractivity contribution in [1.29, 1.82) is 0 Å². The summed E-state index contributed by atoms with van der Waals surface area (Å²) in [4.78, 5) is 12.2. The molecule has 0 aromatic heterocycles. The van der Waals surface area contributed by atoms with Gasteiger partial charge < -0.3 is 4.74 Å². The second-order valence-electron chi connectivity index (χ2n) is 7.12. The van der Waals surface area contributed by atoms with Crippen LogP contribution in [0.3, 0.4) is 0 Å². The van der Waals surface area contributed by atoms with Crippen LogP contribution in [0.5, 0.6) is 5.75 Å². The van der Waals surface area contributed by atoms with Gasteiger partial charge in [0.15, 0.2) is 0 Å². The number of halogens is 3. The Labute approximate surface area is 214 Å². The summed E-state index contributed by atoms with van der Waals surface area (Å²) >= 11 is 10.4. The molecule has 0 aliphatic heterocycles. The van der Waals surface area contributed by atoms with Crippen molar-refractivity contribution in [2.24, 2.45) is 5.10 Å². The number of carbonyl (C=O) groups is 1. The van der Waals surface area contributed by atoms with E-state index in [1.165, 1.54) is 11.1 Å². The van der Waals surface area contributed by atoms with Crippen LogP contribution in [0.1, 0.15) is 27.8 Å². The molecule has 160 valence electrons. The van der Waals surface area contributed by atoms with Crippen molar-refractivity contribution < 1.29 is 9.53 Å². The zero-order valence-corrected chi connectivity index (χ0v) is 22.2. The SMILES string of the molecule is Cc1ccc(CC(=O)N/N=C\c2cc(I)c(OCc3ccc(Cl)cc3)c(I)c2)cc1C. The fourth-order valence-corrected chi connectivity index (χ4v) is 5.10. The third kappa shape index (κ3) is 7.18. The molecule has 0 atom stereocenters. The Balaban J connectivity index is 1.58. The highest BCUT2D eigenvalue weighted by atomic mass is 127. The van der Waals surface area contributed by atoms with Crippen LogP contribution in [-0.2, 0) is 17.8 Å². The van der Waals surface area contributed by atoms with Gasteiger partial charge in [0.05, 0.1) is 19.8 Å². The smallest absolute Gasteiger partial charge is 0.244 e. The molecule has 0 fully saturated rings. The van der Waals surface area contributed by atoms with Crippen LogP contribution in [-0.4, -0.2) is 12.1 Å². The number of rotatable bonds is 7. The van der Waals surface area contributed by atoms with Gasteiger partial charge in [0, 0.05) is 5.02 Å². The van der Waals surface area contributed by atoms with E-state index >= 15 is 0 Å². The van der Waals surface area contributed by atoms with Crippen molar-refractivity contribution in [1.82, 2.24) is 5.43 Å². The molecule has 4 nitrogen and oxygen atoms in total. The fourth-order valence-electron chi connectivity index (χ4n) is 2.85. The van der Waals surface area contributed by atoms with E-state index in [4.69, 9.17) is 16.3 Å². The molecular formula is C24H21ClI2N2O2. The molecule has 0 heterocycles. The number of nitrogens with zero attached hydrogens (tertiary/aromatic N) is 1. The van der Waals surface area contributed by atoms with E-state index in [1.807, 2.05) is 61.5 Å². The molecule has 1 amide bonds. The molecule has 0 unspecified atom stereocenters. The first-order chi connectivity index (χ1) is 14.8. The zero-order valence-electron chi connectivity index (χ0n) is 17.1. The average molecular weight is 659 g/mol. The third-order valence-corrected chi connectivity index (χ3v) is 6.51. The topological polar surface area (TPSA) is 50.7 Å². The van der Waals surface area contributed by atoms with Gasteiger partial charge in [-0.1, -0.05) is 41.9 Å². The minimum absolute atomic E-state index is 0.146. The van der Waals surface area contributed by atoms with E-state index in [0.29, 0.717) is 18.1 Å². The summed E-state index contributed by atoms with van der Waals surface area (Å²) in [5, 5.41) is 4.81. The lowest BCUT2D eigenvalue weighted by Crippen LogP contribution is -2.19. The minimum Gasteiger partial charge on any atom is -0.487 e. The van der Waals surface area contributed by atoms with Gasteiger partial charge in [0.2, 0.25) is 5.91 Å². The summed E-state index contributed by atoms with van der Waals surface area (Å²) in [5.74, 6) is 0.680. The number of hydrazone groups is 1. The number of carbonyl (C=O) groups excluding carboxylic acids is 1. The number of aryl methyl sites for hydroxylation is 2. The molecule has 0 spiro atoms. The Kier molecular flexibility index (Phi) is 8.74. The summed E-state index contributed by atoms with van der Waals surface area (Å²) in [6, 6.07) is 17.6. The zero-order chi connectivity index (χ0) is 22.4. The molecule has 3 rings (SSSR count). The number of hydrogen-bond acceptors (Lipinski definition) is 3. The molecule has 0 radical (unpaired) electrons. The summed E-state index contributed by atoms with van der Waals surface area (Å²) in [6.45, 7) is 4.56. The van der Waals surface area contributed by atoms with E-state index < -0.39 is 0 Å². The number of ether oxygens (including phenoxy) is 1. The van der Waals surface area contributed by atoms with E-state index in [2.05, 4.69) is 62.6 Å². The predicted octanol–water partition coefficient (Wildman–Crippen LogP) is 6.44. The highest BCUT2D eigenvalue weighted by Gasteiger charge is 2.09. The Morgan fingerprint density at radius 2 is 1.65 bits per heavy atom. The number of nitrogens with one attached hydrogen (secondary N) is 1. The maximum Gasteiger partial charge on any atom is 0.244 e. The van der Waals surface area contributed by atoms with Crippen molar-refractivity contribution in [2.45, 2.75) is 26.9 Å². The van der Waals surface area contributed by atoms with Crippen molar-refractivity contribution in [3.8, 4) is 5.75 Å². The number of amides is 1. The number of benzene rings is 3. The fraction of sp³-hybridized carbons (Fsp3) is 0.167. The van der Waals surface area contributed by atoms with E-state index in [9.17, 15) is 4.79 Å². The third-order valence-electron chi connectivity index (χ3n) is 4.66. The molecule has 3 aromatic carbocycles. The molecule has 0 saturated carbocycles. The largest absolute Gasteiger partial charge is 0.487 e. The molecule has 0 aliphatic rings. The van der Waals surface area contributed by atoms with Gasteiger partial charge in [-0.15, -0.1) is 0 Å². The first kappa shape index (κ1) is 24.0. The van der Waals surface area contributed by atoms with Gasteiger partial charge in [-0.25, -0.2) is 5.43 Å². The van der Waals surface area contributed by atoms with Crippen LogP contribution in [0.2, 0.25) is 5.02 Å². The van der Waals surface area contributed by atoms with Gasteiger partial charge in [0.25, 0.3) is 0 Å². The lowest BCUT2D eigenvalue weighted by atomic mass is 10.0. The van der Waals surface area contributed by atoms with Crippen molar-refractivity contribution in [2.75, 3.05) is 0 Å². The monoisotopic (exact) mass is 658 g/mol. The molecular weight excluding hydrogens is 638 g/mol. The molecule has 1 N–H and O–H groups in total. The molecule has 7 heteroatoms. The molecule has 31 heavy (non-hydrogen) atoms. The Bertz CT molecular complexity index is 1090. The predicted molar refractivity (Wildman–Crippen MR) is 143 cm³/mol. The quantitative estimate of drug-likeness (QED) is 0.181. The summed E-state index contributed by atoms with van der Waals surface area (Å²) in [5.41, 5.74) is 7.91. The normalized spacial score (nSPS) is 11.0. The van der Waals surface area contributed by atoms with Crippen molar-refractivity contribution in [3.05, 3.63) is 94.6 Å². The first-order valence-electron chi connectivity index (χ1n) is 9.56. The Morgan fingerprint density at radius 3 is 2.29 bits per heavy atom. The lowest BCUT2D eigenvalue weighted by Gasteiger charge is -2.11. The second-order valence-corrected chi connectivity index (χ2v) is 9.88. The Morgan fingerprint density at radius 1 is 1.00 bits per heavy atom. The molecule has 3 aromatic rings. The second kappa shape index (κ2) is 11.3. The van der Waals surface area contributed by atoms with Gasteiger partial charge in [-0.2, -0.15) is 5.10 Å². The van der Waals surface area contributed by atoms with Gasteiger partial charge in [0.1, 0.15) is 12.4 Å². The first-order valence-corrected chi connectivity index (χ1v) is 12.1. The van der Waals surface area contributed by atoms with Crippen molar-refractivity contribution in [3.63, 3.8) is 0 Å². The van der Waals surface area contributed by atoms with E-state index in [0.717, 1.165) is 29.6 Å². The standard InChI is InChI=1S/C24H21ClI2N2O2/c1-15-3-4-18(9-16(15)2)12-23(30)29-28-13-19-10-21(26)24(22(27)11-19)31-14-17-5-7-20(25)8-6-17/h3-11,13H,12,14H2,1-2H3,(H,29,30)/b28-13-. The van der Waals surface area contributed by atoms with Crippen LogP contribution < -0.4 is 10.2 Å².